The molecular weight excluding hydrogens is 442 g/mol. The molecule has 0 saturated carbocycles. The van der Waals surface area contributed by atoms with E-state index in [0.717, 1.165) is 26.7 Å². The highest BCUT2D eigenvalue weighted by Gasteiger charge is 2.42. The van der Waals surface area contributed by atoms with E-state index in [1.165, 1.54) is 0 Å². The second kappa shape index (κ2) is 8.68. The lowest BCUT2D eigenvalue weighted by molar-refractivity contribution is -0.143. The minimum Gasteiger partial charge on any atom is -0.465 e. The molecule has 32 heavy (non-hydrogen) atoms. The highest BCUT2D eigenvalue weighted by molar-refractivity contribution is 7.80. The van der Waals surface area contributed by atoms with E-state index in [4.69, 9.17) is 21.9 Å². The van der Waals surface area contributed by atoms with Crippen molar-refractivity contribution >= 4 is 44.9 Å². The van der Waals surface area contributed by atoms with Gasteiger partial charge in [-0.25, -0.2) is 4.98 Å². The van der Waals surface area contributed by atoms with Crippen LogP contribution in [0.5, 0.6) is 0 Å². The number of carbonyl (C=O) groups is 1. The van der Waals surface area contributed by atoms with Gasteiger partial charge in [0.25, 0.3) is 0 Å². The number of aromatic nitrogens is 3. The number of thiocarbonyl (C=S) groups is 1. The first kappa shape index (κ1) is 20.6. The average molecular weight is 464 g/mol. The molecule has 0 amide bonds. The summed E-state index contributed by atoms with van der Waals surface area (Å²) in [5.74, 6) is -0.318. The van der Waals surface area contributed by atoms with Gasteiger partial charge in [0.05, 0.1) is 40.3 Å². The Bertz CT molecular complexity index is 1240. The predicted octanol–water partition coefficient (Wildman–Crippen LogP) is 4.02. The molecule has 9 heteroatoms. The molecule has 0 bridgehead atoms. The van der Waals surface area contributed by atoms with Crippen LogP contribution in [0.15, 0.2) is 67.0 Å². The molecule has 0 unspecified atom stereocenters. The van der Waals surface area contributed by atoms with Crippen LogP contribution in [0.25, 0.3) is 15.3 Å². The van der Waals surface area contributed by atoms with E-state index in [0.29, 0.717) is 11.7 Å². The molecule has 0 aliphatic carbocycles. The summed E-state index contributed by atoms with van der Waals surface area (Å²) in [5, 5.41) is 4.73. The van der Waals surface area contributed by atoms with Crippen LogP contribution in [0.2, 0.25) is 0 Å². The van der Waals surface area contributed by atoms with Crippen LogP contribution in [-0.2, 0) is 9.53 Å². The number of thiazole rings is 1. The summed E-state index contributed by atoms with van der Waals surface area (Å²) < 4.78 is 8.40. The van der Waals surface area contributed by atoms with Gasteiger partial charge in [-0.1, -0.05) is 29.5 Å². The highest BCUT2D eigenvalue weighted by atomic mass is 32.1. The molecule has 0 spiro atoms. The maximum Gasteiger partial charge on any atom is 0.325 e. The fraction of sp³-hybridized carbons (Fsp3) is 0.217. The van der Waals surface area contributed by atoms with Crippen molar-refractivity contribution in [2.45, 2.75) is 19.0 Å². The van der Waals surface area contributed by atoms with E-state index < -0.39 is 0 Å². The predicted molar refractivity (Wildman–Crippen MR) is 128 cm³/mol. The Morgan fingerprint density at radius 1 is 1.19 bits per heavy atom. The molecule has 1 aliphatic heterocycles. The number of pyridine rings is 1. The van der Waals surface area contributed by atoms with Crippen LogP contribution >= 0.6 is 23.6 Å². The van der Waals surface area contributed by atoms with Gasteiger partial charge in [0.2, 0.25) is 0 Å². The topological polar surface area (TPSA) is 72.3 Å². The van der Waals surface area contributed by atoms with Crippen LogP contribution in [0, 0.1) is 0 Å². The Morgan fingerprint density at radius 3 is 2.81 bits per heavy atom. The van der Waals surface area contributed by atoms with Gasteiger partial charge in [-0.2, -0.15) is 0 Å². The van der Waals surface area contributed by atoms with E-state index >= 15 is 0 Å². The third kappa shape index (κ3) is 3.74. The normalized spacial score (nSPS) is 18.2. The molecule has 1 aliphatic rings. The van der Waals surface area contributed by atoms with Gasteiger partial charge in [0.15, 0.2) is 10.2 Å². The number of fused-ring (bicyclic) bond motifs is 1. The second-order valence-corrected chi connectivity index (χ2v) is 8.72. The molecule has 7 nitrogen and oxygen atoms in total. The van der Waals surface area contributed by atoms with Gasteiger partial charge >= 0.3 is 5.97 Å². The smallest absolute Gasteiger partial charge is 0.325 e. The van der Waals surface area contributed by atoms with Crippen molar-refractivity contribution in [1.82, 2.24) is 24.8 Å². The first-order chi connectivity index (χ1) is 15.7. The van der Waals surface area contributed by atoms with Crippen LogP contribution < -0.4 is 5.32 Å². The Hall–Kier alpha value is -3.30. The zero-order valence-electron chi connectivity index (χ0n) is 17.3. The maximum absolute atomic E-state index is 12.4. The molecule has 4 aromatic rings. The molecule has 3 aromatic heterocycles. The Morgan fingerprint density at radius 2 is 2.03 bits per heavy atom. The van der Waals surface area contributed by atoms with Crippen molar-refractivity contribution < 1.29 is 9.53 Å². The first-order valence-corrected chi connectivity index (χ1v) is 11.5. The average Bonchev–Trinajstić information content (AvgIpc) is 3.51. The summed E-state index contributed by atoms with van der Waals surface area (Å²) in [7, 11) is 0. The molecule has 1 fully saturated rings. The van der Waals surface area contributed by atoms with E-state index in [9.17, 15) is 4.79 Å². The number of ether oxygens (including phenoxy) is 1. The molecule has 1 aromatic carbocycles. The number of hydrogen-bond donors (Lipinski definition) is 1. The number of hydrogen-bond acceptors (Lipinski definition) is 6. The summed E-state index contributed by atoms with van der Waals surface area (Å²) in [6, 6.07) is 17.4. The van der Waals surface area contributed by atoms with Gasteiger partial charge in [0, 0.05) is 12.4 Å². The lowest BCUT2D eigenvalue weighted by Gasteiger charge is -2.27. The standard InChI is InChI=1S/C23H21N5O2S2/c1-2-30-19(29)14-28-21(20(26-22(28)31)16-9-5-6-12-24-16)17-10-7-13-27(17)23-25-15-8-3-4-11-18(15)32-23/h3-13,20-21H,2,14H2,1H3,(H,26,31)/t20-,21+/m1/s1. The molecule has 2 atom stereocenters. The van der Waals surface area contributed by atoms with E-state index in [2.05, 4.69) is 20.9 Å². The van der Waals surface area contributed by atoms with Crippen LogP contribution in [0.1, 0.15) is 30.4 Å². The first-order valence-electron chi connectivity index (χ1n) is 10.3. The third-order valence-electron chi connectivity index (χ3n) is 5.37. The third-order valence-corrected chi connectivity index (χ3v) is 6.76. The zero-order valence-corrected chi connectivity index (χ0v) is 19.0. The number of esters is 1. The maximum atomic E-state index is 12.4. The minimum atomic E-state index is -0.318. The Labute approximate surface area is 194 Å². The fourth-order valence-corrected chi connectivity index (χ4v) is 5.29. The van der Waals surface area contributed by atoms with Gasteiger partial charge in [-0.3, -0.25) is 14.3 Å². The fourth-order valence-electron chi connectivity index (χ4n) is 4.02. The Kier molecular flexibility index (Phi) is 5.59. The summed E-state index contributed by atoms with van der Waals surface area (Å²) in [4.78, 5) is 23.6. The largest absolute Gasteiger partial charge is 0.465 e. The molecule has 4 heterocycles. The number of nitrogens with one attached hydrogen (secondary N) is 1. The summed E-state index contributed by atoms with van der Waals surface area (Å²) in [6.45, 7) is 2.17. The lowest BCUT2D eigenvalue weighted by atomic mass is 10.0. The van der Waals surface area contributed by atoms with Crippen molar-refractivity contribution in [1.29, 1.82) is 0 Å². The molecular formula is C23H21N5O2S2. The number of para-hydroxylation sites is 1. The number of benzene rings is 1. The van der Waals surface area contributed by atoms with Gasteiger partial charge in [-0.05, 0) is 55.5 Å². The zero-order chi connectivity index (χ0) is 22.1. The van der Waals surface area contributed by atoms with Crippen LogP contribution in [0.3, 0.4) is 0 Å². The van der Waals surface area contributed by atoms with Crippen molar-refractivity contribution in [3.8, 4) is 5.13 Å². The molecule has 1 N–H and O–H groups in total. The number of nitrogens with zero attached hydrogens (tertiary/aromatic N) is 4. The van der Waals surface area contributed by atoms with Crippen LogP contribution in [0.4, 0.5) is 0 Å². The summed E-state index contributed by atoms with van der Waals surface area (Å²) in [6.07, 6.45) is 3.75. The summed E-state index contributed by atoms with van der Waals surface area (Å²) >= 11 is 7.26. The quantitative estimate of drug-likeness (QED) is 0.342. The van der Waals surface area contributed by atoms with Crippen molar-refractivity contribution in [3.63, 3.8) is 0 Å². The second-order valence-electron chi connectivity index (χ2n) is 7.33. The molecule has 1 saturated heterocycles. The van der Waals surface area contributed by atoms with Crippen molar-refractivity contribution in [2.24, 2.45) is 0 Å². The highest BCUT2D eigenvalue weighted by Crippen LogP contribution is 2.40. The SMILES string of the molecule is CCOC(=O)CN1C(=S)N[C@H](c2ccccn2)[C@@H]1c1cccn1-c1nc2ccccc2s1. The number of carbonyl (C=O) groups excluding carboxylic acids is 1. The summed E-state index contributed by atoms with van der Waals surface area (Å²) in [5.41, 5.74) is 2.77. The van der Waals surface area contributed by atoms with E-state index in [1.807, 2.05) is 59.6 Å². The Balaban J connectivity index is 1.59. The van der Waals surface area contributed by atoms with Gasteiger partial charge in [-0.15, -0.1) is 0 Å². The van der Waals surface area contributed by atoms with Crippen molar-refractivity contribution in [2.75, 3.05) is 13.2 Å². The lowest BCUT2D eigenvalue weighted by Crippen LogP contribution is -2.36. The monoisotopic (exact) mass is 463 g/mol. The minimum absolute atomic E-state index is 0.0543. The van der Waals surface area contributed by atoms with Gasteiger partial charge < -0.3 is 15.0 Å². The molecule has 162 valence electrons. The number of rotatable bonds is 6. The molecule has 0 radical (unpaired) electrons. The molecule has 5 rings (SSSR count). The van der Waals surface area contributed by atoms with E-state index in [1.54, 1.807) is 24.5 Å². The van der Waals surface area contributed by atoms with Crippen LogP contribution in [-0.4, -0.2) is 43.7 Å². The van der Waals surface area contributed by atoms with E-state index in [-0.39, 0.29) is 24.6 Å². The van der Waals surface area contributed by atoms with Gasteiger partial charge in [0.1, 0.15) is 6.54 Å². The van der Waals surface area contributed by atoms with Crippen molar-refractivity contribution in [3.05, 3.63) is 78.4 Å².